The van der Waals surface area contributed by atoms with Crippen LogP contribution in [0.1, 0.15) is 82.3 Å². The van der Waals surface area contributed by atoms with Crippen LogP contribution in [0.15, 0.2) is 42.5 Å². The quantitative estimate of drug-likeness (QED) is 0.382. The van der Waals surface area contributed by atoms with Crippen molar-refractivity contribution in [2.75, 3.05) is 6.61 Å². The molecule has 2 aromatic carbocycles. The maximum Gasteiger partial charge on any atom is 0.168 e. The van der Waals surface area contributed by atoms with Crippen molar-refractivity contribution in [1.29, 1.82) is 0 Å². The number of hydrogen-bond acceptors (Lipinski definition) is 2. The van der Waals surface area contributed by atoms with Gasteiger partial charge in [-0.15, -0.1) is 0 Å². The highest BCUT2D eigenvalue weighted by Crippen LogP contribution is 2.37. The summed E-state index contributed by atoms with van der Waals surface area (Å²) in [6, 6.07) is 13.5. The summed E-state index contributed by atoms with van der Waals surface area (Å²) in [5.41, 5.74) is 2.50. The molecule has 0 atom stereocenters. The van der Waals surface area contributed by atoms with Crippen molar-refractivity contribution in [3.05, 3.63) is 59.4 Å². The van der Waals surface area contributed by atoms with Crippen LogP contribution in [0, 0.1) is 11.7 Å². The third-order valence-corrected chi connectivity index (χ3v) is 6.12. The van der Waals surface area contributed by atoms with Crippen LogP contribution in [0.5, 0.6) is 11.5 Å². The lowest BCUT2D eigenvalue weighted by molar-refractivity contribution is 0.286. The van der Waals surface area contributed by atoms with Crippen LogP contribution in [0.2, 0.25) is 0 Å². The van der Waals surface area contributed by atoms with E-state index in [1.54, 1.807) is 12.1 Å². The van der Waals surface area contributed by atoms with E-state index in [0.29, 0.717) is 24.9 Å². The second-order valence-corrected chi connectivity index (χ2v) is 8.27. The SMILES string of the molecule is CCCCC[C@H]1CC[C@H](c2ccc(COc3ccc(OCC)cc3F)cc2)CC1. The molecule has 29 heavy (non-hydrogen) atoms. The molecule has 3 heteroatoms. The molecule has 0 heterocycles. The monoisotopic (exact) mass is 398 g/mol. The highest BCUT2D eigenvalue weighted by molar-refractivity contribution is 5.33. The van der Waals surface area contributed by atoms with Gasteiger partial charge in [0.05, 0.1) is 6.61 Å². The van der Waals surface area contributed by atoms with E-state index in [0.717, 1.165) is 11.5 Å². The Kier molecular flexibility index (Phi) is 8.39. The summed E-state index contributed by atoms with van der Waals surface area (Å²) in [7, 11) is 0. The summed E-state index contributed by atoms with van der Waals surface area (Å²) >= 11 is 0. The van der Waals surface area contributed by atoms with E-state index >= 15 is 0 Å². The second kappa shape index (κ2) is 11.2. The van der Waals surface area contributed by atoms with Gasteiger partial charge in [-0.05, 0) is 67.7 Å². The minimum Gasteiger partial charge on any atom is -0.494 e. The van der Waals surface area contributed by atoms with Gasteiger partial charge in [0.1, 0.15) is 12.4 Å². The number of ether oxygens (including phenoxy) is 2. The fraction of sp³-hybridized carbons (Fsp3) is 0.538. The lowest BCUT2D eigenvalue weighted by Crippen LogP contribution is -2.13. The maximum atomic E-state index is 14.1. The molecule has 158 valence electrons. The standard InChI is InChI=1S/C26H35FO2/c1-3-5-6-7-20-8-12-22(13-9-20)23-14-10-21(11-15-23)19-29-26-17-16-24(28-4-2)18-25(26)27/h10-11,14-18,20,22H,3-9,12-13,19H2,1-2H3/t20-,22-. The number of halogens is 1. The van der Waals surface area contributed by atoms with Gasteiger partial charge in [-0.2, -0.15) is 0 Å². The molecule has 0 bridgehead atoms. The first-order valence-corrected chi connectivity index (χ1v) is 11.3. The van der Waals surface area contributed by atoms with Crippen LogP contribution < -0.4 is 9.47 Å². The van der Waals surface area contributed by atoms with E-state index in [9.17, 15) is 4.39 Å². The van der Waals surface area contributed by atoms with Gasteiger partial charge in [0.15, 0.2) is 11.6 Å². The van der Waals surface area contributed by atoms with Crippen molar-refractivity contribution in [2.45, 2.75) is 77.7 Å². The fourth-order valence-corrected chi connectivity index (χ4v) is 4.37. The molecule has 0 amide bonds. The first kappa shape index (κ1) is 21.7. The molecule has 0 spiro atoms. The van der Waals surface area contributed by atoms with E-state index in [4.69, 9.17) is 9.47 Å². The Morgan fingerprint density at radius 1 is 0.897 bits per heavy atom. The molecule has 1 saturated carbocycles. The Balaban J connectivity index is 1.47. The van der Waals surface area contributed by atoms with Crippen molar-refractivity contribution >= 4 is 0 Å². The lowest BCUT2D eigenvalue weighted by atomic mass is 9.77. The van der Waals surface area contributed by atoms with E-state index in [1.807, 2.05) is 6.92 Å². The number of unbranched alkanes of at least 4 members (excludes halogenated alkanes) is 2. The van der Waals surface area contributed by atoms with E-state index in [1.165, 1.54) is 63.0 Å². The average molecular weight is 399 g/mol. The van der Waals surface area contributed by atoms with Gasteiger partial charge in [-0.25, -0.2) is 4.39 Å². The summed E-state index contributed by atoms with van der Waals surface area (Å²) in [4.78, 5) is 0. The van der Waals surface area contributed by atoms with Crippen molar-refractivity contribution in [3.8, 4) is 11.5 Å². The van der Waals surface area contributed by atoms with Crippen LogP contribution >= 0.6 is 0 Å². The van der Waals surface area contributed by atoms with Crippen LogP contribution in [-0.4, -0.2) is 6.61 Å². The number of benzene rings is 2. The Hall–Kier alpha value is -2.03. The fourth-order valence-electron chi connectivity index (χ4n) is 4.37. The molecular weight excluding hydrogens is 363 g/mol. The summed E-state index contributed by atoms with van der Waals surface area (Å²) in [6.07, 6.45) is 10.9. The molecular formula is C26H35FO2. The summed E-state index contributed by atoms with van der Waals surface area (Å²) < 4.78 is 25.1. The van der Waals surface area contributed by atoms with Crippen LogP contribution in [0.3, 0.4) is 0 Å². The maximum absolute atomic E-state index is 14.1. The minimum absolute atomic E-state index is 0.263. The first-order valence-electron chi connectivity index (χ1n) is 11.3. The van der Waals surface area contributed by atoms with Crippen LogP contribution in [-0.2, 0) is 6.61 Å². The van der Waals surface area contributed by atoms with Gasteiger partial charge in [-0.1, -0.05) is 56.9 Å². The largest absolute Gasteiger partial charge is 0.494 e. The smallest absolute Gasteiger partial charge is 0.168 e. The zero-order valence-corrected chi connectivity index (χ0v) is 18.0. The van der Waals surface area contributed by atoms with Gasteiger partial charge in [0.25, 0.3) is 0 Å². The topological polar surface area (TPSA) is 18.5 Å². The Labute approximate surface area is 175 Å². The predicted molar refractivity (Wildman–Crippen MR) is 117 cm³/mol. The van der Waals surface area contributed by atoms with Crippen molar-refractivity contribution in [2.24, 2.45) is 5.92 Å². The third-order valence-electron chi connectivity index (χ3n) is 6.12. The van der Waals surface area contributed by atoms with Gasteiger partial charge >= 0.3 is 0 Å². The normalized spacial score (nSPS) is 19.1. The molecule has 3 rings (SSSR count). The minimum atomic E-state index is -0.386. The molecule has 1 fully saturated rings. The zero-order valence-electron chi connectivity index (χ0n) is 18.0. The molecule has 2 aromatic rings. The van der Waals surface area contributed by atoms with Gasteiger partial charge in [-0.3, -0.25) is 0 Å². The van der Waals surface area contributed by atoms with Crippen molar-refractivity contribution in [3.63, 3.8) is 0 Å². The van der Waals surface area contributed by atoms with E-state index in [2.05, 4.69) is 31.2 Å². The van der Waals surface area contributed by atoms with Gasteiger partial charge in [0.2, 0.25) is 0 Å². The van der Waals surface area contributed by atoms with Crippen molar-refractivity contribution < 1.29 is 13.9 Å². The van der Waals surface area contributed by atoms with E-state index < -0.39 is 0 Å². The summed E-state index contributed by atoms with van der Waals surface area (Å²) in [5, 5.41) is 0. The predicted octanol–water partition coefficient (Wildman–Crippen LogP) is 7.66. The van der Waals surface area contributed by atoms with Crippen LogP contribution in [0.4, 0.5) is 4.39 Å². The zero-order chi connectivity index (χ0) is 20.5. The van der Waals surface area contributed by atoms with Crippen molar-refractivity contribution in [1.82, 2.24) is 0 Å². The molecule has 0 unspecified atom stereocenters. The molecule has 0 aliphatic heterocycles. The molecule has 0 saturated heterocycles. The van der Waals surface area contributed by atoms with Crippen LogP contribution in [0.25, 0.3) is 0 Å². The molecule has 0 N–H and O–H groups in total. The molecule has 2 nitrogen and oxygen atoms in total. The molecule has 1 aliphatic rings. The highest BCUT2D eigenvalue weighted by atomic mass is 19.1. The van der Waals surface area contributed by atoms with E-state index in [-0.39, 0.29) is 11.6 Å². The highest BCUT2D eigenvalue weighted by Gasteiger charge is 2.22. The summed E-state index contributed by atoms with van der Waals surface area (Å²) in [6.45, 7) is 5.05. The molecule has 0 aromatic heterocycles. The Morgan fingerprint density at radius 3 is 2.31 bits per heavy atom. The molecule has 0 radical (unpaired) electrons. The second-order valence-electron chi connectivity index (χ2n) is 8.27. The summed E-state index contributed by atoms with van der Waals surface area (Å²) in [5.74, 6) is 2.04. The number of rotatable bonds is 10. The Morgan fingerprint density at radius 2 is 1.66 bits per heavy atom. The Bertz CT molecular complexity index is 733. The average Bonchev–Trinajstić information content (AvgIpc) is 2.75. The van der Waals surface area contributed by atoms with Gasteiger partial charge in [0, 0.05) is 6.07 Å². The first-order chi connectivity index (χ1) is 14.2. The van der Waals surface area contributed by atoms with Gasteiger partial charge < -0.3 is 9.47 Å². The lowest BCUT2D eigenvalue weighted by Gasteiger charge is -2.29. The third kappa shape index (κ3) is 6.48. The molecule has 1 aliphatic carbocycles. The number of hydrogen-bond donors (Lipinski definition) is 0.